The fraction of sp³-hybridized carbons (Fsp3) is 0.562. The standard InChI is InChI=1S/C16H19N7O/c1-10-17-16(24-21-10)22-8-6-12(7-9-22)15-19-18-14-5-4-13(11-2-3-11)20-23(14)15/h4-5,11-12H,2-3,6-9H2,1H3. The zero-order valence-electron chi connectivity index (χ0n) is 13.6. The fourth-order valence-electron chi connectivity index (χ4n) is 3.41. The molecule has 3 aromatic heterocycles. The first-order chi connectivity index (χ1) is 11.8. The van der Waals surface area contributed by atoms with Crippen LogP contribution in [-0.4, -0.2) is 43.0 Å². The van der Waals surface area contributed by atoms with Gasteiger partial charge in [-0.25, -0.2) is 0 Å². The maximum atomic E-state index is 5.27. The van der Waals surface area contributed by atoms with Crippen molar-refractivity contribution in [2.24, 2.45) is 0 Å². The van der Waals surface area contributed by atoms with E-state index < -0.39 is 0 Å². The van der Waals surface area contributed by atoms with Crippen molar-refractivity contribution in [1.29, 1.82) is 0 Å². The molecule has 0 radical (unpaired) electrons. The normalized spacial score (nSPS) is 19.3. The Morgan fingerprint density at radius 3 is 2.58 bits per heavy atom. The largest absolute Gasteiger partial charge is 0.324 e. The van der Waals surface area contributed by atoms with Gasteiger partial charge in [0.25, 0.3) is 0 Å². The second-order valence-corrected chi connectivity index (χ2v) is 6.75. The van der Waals surface area contributed by atoms with E-state index in [4.69, 9.17) is 9.62 Å². The predicted molar refractivity (Wildman–Crippen MR) is 86.0 cm³/mol. The van der Waals surface area contributed by atoms with Crippen LogP contribution in [0.2, 0.25) is 0 Å². The van der Waals surface area contributed by atoms with Gasteiger partial charge in [0.2, 0.25) is 0 Å². The molecule has 1 saturated heterocycles. The number of aromatic nitrogens is 6. The molecule has 0 spiro atoms. The molecule has 0 aromatic carbocycles. The minimum Gasteiger partial charge on any atom is -0.324 e. The van der Waals surface area contributed by atoms with Gasteiger partial charge in [0.05, 0.1) is 5.69 Å². The van der Waals surface area contributed by atoms with Crippen molar-refractivity contribution >= 4 is 11.7 Å². The number of aryl methyl sites for hydroxylation is 1. The second-order valence-electron chi connectivity index (χ2n) is 6.75. The highest BCUT2D eigenvalue weighted by Gasteiger charge is 2.29. The summed E-state index contributed by atoms with van der Waals surface area (Å²) in [4.78, 5) is 6.45. The molecule has 0 amide bonds. The molecule has 4 heterocycles. The van der Waals surface area contributed by atoms with Gasteiger partial charge in [-0.15, -0.1) is 10.2 Å². The van der Waals surface area contributed by atoms with Crippen LogP contribution in [0.4, 0.5) is 6.01 Å². The summed E-state index contributed by atoms with van der Waals surface area (Å²) in [6.45, 7) is 3.60. The van der Waals surface area contributed by atoms with Gasteiger partial charge in [-0.1, -0.05) is 5.16 Å². The van der Waals surface area contributed by atoms with Gasteiger partial charge >= 0.3 is 6.01 Å². The summed E-state index contributed by atoms with van der Waals surface area (Å²) in [5.41, 5.74) is 2.01. The summed E-state index contributed by atoms with van der Waals surface area (Å²) >= 11 is 0. The Hall–Kier alpha value is -2.51. The maximum Gasteiger partial charge on any atom is 0.324 e. The number of anilines is 1. The highest BCUT2D eigenvalue weighted by Crippen LogP contribution is 2.39. The zero-order valence-corrected chi connectivity index (χ0v) is 13.6. The second kappa shape index (κ2) is 5.25. The zero-order chi connectivity index (χ0) is 16.1. The molecule has 1 aliphatic carbocycles. The molecule has 24 heavy (non-hydrogen) atoms. The van der Waals surface area contributed by atoms with Gasteiger partial charge in [0.15, 0.2) is 17.3 Å². The summed E-state index contributed by atoms with van der Waals surface area (Å²) in [5, 5.41) is 17.4. The van der Waals surface area contributed by atoms with E-state index in [0.717, 1.165) is 37.4 Å². The summed E-state index contributed by atoms with van der Waals surface area (Å²) in [5.74, 6) is 2.65. The molecule has 1 aliphatic heterocycles. The van der Waals surface area contributed by atoms with E-state index in [2.05, 4.69) is 31.3 Å². The van der Waals surface area contributed by atoms with Crippen molar-refractivity contribution in [1.82, 2.24) is 30.0 Å². The lowest BCUT2D eigenvalue weighted by molar-refractivity contribution is 0.386. The van der Waals surface area contributed by atoms with E-state index in [0.29, 0.717) is 23.7 Å². The Kier molecular flexibility index (Phi) is 3.04. The topological polar surface area (TPSA) is 85.2 Å². The third kappa shape index (κ3) is 2.33. The third-order valence-corrected chi connectivity index (χ3v) is 4.95. The van der Waals surface area contributed by atoms with Crippen LogP contribution in [0, 0.1) is 6.92 Å². The van der Waals surface area contributed by atoms with Crippen LogP contribution >= 0.6 is 0 Å². The maximum absolute atomic E-state index is 5.27. The highest BCUT2D eigenvalue weighted by atomic mass is 16.5. The van der Waals surface area contributed by atoms with Crippen LogP contribution in [0.3, 0.4) is 0 Å². The van der Waals surface area contributed by atoms with Crippen LogP contribution in [0.5, 0.6) is 0 Å². The molecular formula is C16H19N7O. The van der Waals surface area contributed by atoms with Crippen molar-refractivity contribution in [3.05, 3.63) is 29.5 Å². The SMILES string of the molecule is Cc1noc(N2CCC(c3nnc4ccc(C5CC5)nn34)CC2)n1. The first-order valence-electron chi connectivity index (χ1n) is 8.55. The lowest BCUT2D eigenvalue weighted by Crippen LogP contribution is -2.33. The summed E-state index contributed by atoms with van der Waals surface area (Å²) in [6, 6.07) is 4.74. The van der Waals surface area contributed by atoms with E-state index in [-0.39, 0.29) is 0 Å². The van der Waals surface area contributed by atoms with Crippen LogP contribution in [-0.2, 0) is 0 Å². The molecule has 5 rings (SSSR count). The quantitative estimate of drug-likeness (QED) is 0.728. The summed E-state index contributed by atoms with van der Waals surface area (Å²) in [6.07, 6.45) is 4.46. The molecule has 1 saturated carbocycles. The minimum atomic E-state index is 0.363. The number of fused-ring (bicyclic) bond motifs is 1. The van der Waals surface area contributed by atoms with E-state index in [1.165, 1.54) is 18.5 Å². The summed E-state index contributed by atoms with van der Waals surface area (Å²) < 4.78 is 7.22. The molecule has 0 N–H and O–H groups in total. The van der Waals surface area contributed by atoms with Gasteiger partial charge in [0, 0.05) is 24.9 Å². The number of nitrogens with zero attached hydrogens (tertiary/aromatic N) is 7. The van der Waals surface area contributed by atoms with Crippen LogP contribution in [0.15, 0.2) is 16.7 Å². The van der Waals surface area contributed by atoms with Crippen LogP contribution in [0.1, 0.15) is 54.9 Å². The highest BCUT2D eigenvalue weighted by molar-refractivity contribution is 5.38. The fourth-order valence-corrected chi connectivity index (χ4v) is 3.41. The van der Waals surface area contributed by atoms with Crippen molar-refractivity contribution in [2.75, 3.05) is 18.0 Å². The third-order valence-electron chi connectivity index (χ3n) is 4.95. The number of piperidine rings is 1. The van der Waals surface area contributed by atoms with Gasteiger partial charge in [-0.3, -0.25) is 0 Å². The Morgan fingerprint density at radius 2 is 1.88 bits per heavy atom. The molecule has 0 bridgehead atoms. The van der Waals surface area contributed by atoms with E-state index >= 15 is 0 Å². The average Bonchev–Trinajstić information content (AvgIpc) is 3.24. The van der Waals surface area contributed by atoms with Gasteiger partial charge in [-0.2, -0.15) is 14.6 Å². The Morgan fingerprint density at radius 1 is 1.04 bits per heavy atom. The predicted octanol–water partition coefficient (Wildman–Crippen LogP) is 2.08. The molecule has 3 aromatic rings. The molecular weight excluding hydrogens is 306 g/mol. The van der Waals surface area contributed by atoms with E-state index in [1.54, 1.807) is 0 Å². The monoisotopic (exact) mass is 325 g/mol. The lowest BCUT2D eigenvalue weighted by Gasteiger charge is -2.29. The molecule has 8 heteroatoms. The molecule has 0 atom stereocenters. The van der Waals surface area contributed by atoms with Gasteiger partial charge in [-0.05, 0) is 44.7 Å². The lowest BCUT2D eigenvalue weighted by atomic mass is 9.96. The summed E-state index contributed by atoms with van der Waals surface area (Å²) in [7, 11) is 0. The Labute approximate surface area is 138 Å². The van der Waals surface area contributed by atoms with Gasteiger partial charge < -0.3 is 9.42 Å². The first-order valence-corrected chi connectivity index (χ1v) is 8.55. The van der Waals surface area contributed by atoms with Crippen molar-refractivity contribution in [3.8, 4) is 0 Å². The van der Waals surface area contributed by atoms with E-state index in [1.807, 2.05) is 17.5 Å². The Bertz CT molecular complexity index is 874. The average molecular weight is 325 g/mol. The smallest absolute Gasteiger partial charge is 0.324 e. The minimum absolute atomic E-state index is 0.363. The molecule has 8 nitrogen and oxygen atoms in total. The van der Waals surface area contributed by atoms with Crippen molar-refractivity contribution in [3.63, 3.8) is 0 Å². The molecule has 124 valence electrons. The molecule has 2 aliphatic rings. The number of hydrogen-bond donors (Lipinski definition) is 0. The molecule has 0 unspecified atom stereocenters. The van der Waals surface area contributed by atoms with Crippen LogP contribution < -0.4 is 4.90 Å². The first kappa shape index (κ1) is 13.9. The van der Waals surface area contributed by atoms with E-state index in [9.17, 15) is 0 Å². The Balaban J connectivity index is 1.37. The van der Waals surface area contributed by atoms with Crippen molar-refractivity contribution < 1.29 is 4.52 Å². The van der Waals surface area contributed by atoms with Gasteiger partial charge in [0.1, 0.15) is 0 Å². The van der Waals surface area contributed by atoms with Crippen LogP contribution in [0.25, 0.3) is 5.65 Å². The van der Waals surface area contributed by atoms with Crippen molar-refractivity contribution in [2.45, 2.75) is 44.4 Å². The molecule has 2 fully saturated rings. The number of hydrogen-bond acceptors (Lipinski definition) is 7. The number of rotatable bonds is 3.